The van der Waals surface area contributed by atoms with E-state index in [0.29, 0.717) is 17.7 Å². The molecule has 4 heteroatoms. The van der Waals surface area contributed by atoms with Crippen LogP contribution in [0, 0.1) is 6.92 Å². The van der Waals surface area contributed by atoms with Gasteiger partial charge < -0.3 is 11.1 Å². The van der Waals surface area contributed by atoms with E-state index >= 15 is 0 Å². The SMILES string of the molecule is Cc1ccc(C(N)=O)cc1NC=O. The molecule has 13 heavy (non-hydrogen) atoms. The summed E-state index contributed by atoms with van der Waals surface area (Å²) in [7, 11) is 0. The Morgan fingerprint density at radius 3 is 2.77 bits per heavy atom. The maximum Gasteiger partial charge on any atom is 0.248 e. The molecule has 0 heterocycles. The highest BCUT2D eigenvalue weighted by Gasteiger charge is 2.03. The summed E-state index contributed by atoms with van der Waals surface area (Å²) < 4.78 is 0. The molecule has 1 rings (SSSR count). The van der Waals surface area contributed by atoms with Crippen LogP contribution in [0.4, 0.5) is 5.69 Å². The second-order valence-electron chi connectivity index (χ2n) is 2.66. The average molecular weight is 178 g/mol. The minimum atomic E-state index is -0.506. The lowest BCUT2D eigenvalue weighted by Gasteiger charge is -2.04. The molecule has 0 bridgehead atoms. The molecule has 0 unspecified atom stereocenters. The Kier molecular flexibility index (Phi) is 2.64. The number of hydrogen-bond acceptors (Lipinski definition) is 2. The van der Waals surface area contributed by atoms with Crippen molar-refractivity contribution in [2.24, 2.45) is 5.73 Å². The van der Waals surface area contributed by atoms with Crippen molar-refractivity contribution in [1.29, 1.82) is 0 Å². The first-order valence-corrected chi connectivity index (χ1v) is 3.76. The van der Waals surface area contributed by atoms with Crippen LogP contribution in [0.15, 0.2) is 18.2 Å². The van der Waals surface area contributed by atoms with Crippen LogP contribution in [0.25, 0.3) is 0 Å². The predicted molar refractivity (Wildman–Crippen MR) is 49.4 cm³/mol. The molecule has 68 valence electrons. The lowest BCUT2D eigenvalue weighted by Crippen LogP contribution is -2.11. The van der Waals surface area contributed by atoms with Crippen molar-refractivity contribution in [2.75, 3.05) is 5.32 Å². The highest BCUT2D eigenvalue weighted by molar-refractivity contribution is 5.94. The van der Waals surface area contributed by atoms with Gasteiger partial charge in [-0.3, -0.25) is 9.59 Å². The Labute approximate surface area is 75.7 Å². The van der Waals surface area contributed by atoms with E-state index in [1.807, 2.05) is 6.92 Å². The van der Waals surface area contributed by atoms with E-state index < -0.39 is 5.91 Å². The summed E-state index contributed by atoms with van der Waals surface area (Å²) in [5.41, 5.74) is 6.95. The summed E-state index contributed by atoms with van der Waals surface area (Å²) in [4.78, 5) is 21.0. The fourth-order valence-corrected chi connectivity index (χ4v) is 0.994. The fraction of sp³-hybridized carbons (Fsp3) is 0.111. The molecule has 0 spiro atoms. The molecule has 0 fully saturated rings. The van der Waals surface area contributed by atoms with Crippen molar-refractivity contribution in [3.63, 3.8) is 0 Å². The molecule has 2 amide bonds. The molecule has 1 aromatic carbocycles. The summed E-state index contributed by atoms with van der Waals surface area (Å²) >= 11 is 0. The Morgan fingerprint density at radius 1 is 1.54 bits per heavy atom. The lowest BCUT2D eigenvalue weighted by molar-refractivity contribution is -0.105. The molecular weight excluding hydrogens is 168 g/mol. The zero-order valence-electron chi connectivity index (χ0n) is 7.20. The second-order valence-corrected chi connectivity index (χ2v) is 2.66. The van der Waals surface area contributed by atoms with Crippen molar-refractivity contribution in [3.05, 3.63) is 29.3 Å². The van der Waals surface area contributed by atoms with Crippen LogP contribution < -0.4 is 11.1 Å². The third-order valence-corrected chi connectivity index (χ3v) is 1.74. The number of carbonyl (C=O) groups is 2. The topological polar surface area (TPSA) is 72.2 Å². The number of anilines is 1. The number of benzene rings is 1. The predicted octanol–water partition coefficient (Wildman–Crippen LogP) is 0.662. The van der Waals surface area contributed by atoms with Gasteiger partial charge in [0.2, 0.25) is 12.3 Å². The highest BCUT2D eigenvalue weighted by Crippen LogP contribution is 2.15. The number of primary amides is 1. The van der Waals surface area contributed by atoms with Gasteiger partial charge in [-0.25, -0.2) is 0 Å². The number of nitrogens with two attached hydrogens (primary N) is 1. The first kappa shape index (κ1) is 9.25. The first-order valence-electron chi connectivity index (χ1n) is 3.76. The zero-order valence-corrected chi connectivity index (χ0v) is 7.20. The van der Waals surface area contributed by atoms with Crippen LogP contribution in [0.1, 0.15) is 15.9 Å². The molecule has 0 radical (unpaired) electrons. The van der Waals surface area contributed by atoms with Gasteiger partial charge in [-0.1, -0.05) is 6.07 Å². The van der Waals surface area contributed by atoms with Crippen LogP contribution in [0.3, 0.4) is 0 Å². The number of amides is 2. The van der Waals surface area contributed by atoms with E-state index in [1.54, 1.807) is 18.2 Å². The Bertz CT molecular complexity index is 347. The van der Waals surface area contributed by atoms with Crippen molar-refractivity contribution in [2.45, 2.75) is 6.92 Å². The van der Waals surface area contributed by atoms with Crippen molar-refractivity contribution >= 4 is 18.0 Å². The van der Waals surface area contributed by atoms with E-state index in [0.717, 1.165) is 5.56 Å². The van der Waals surface area contributed by atoms with Gasteiger partial charge in [-0.05, 0) is 24.6 Å². The van der Waals surface area contributed by atoms with Gasteiger partial charge in [0.15, 0.2) is 0 Å². The van der Waals surface area contributed by atoms with E-state index in [4.69, 9.17) is 5.73 Å². The number of nitrogens with one attached hydrogen (secondary N) is 1. The molecule has 0 aliphatic rings. The van der Waals surface area contributed by atoms with Crippen LogP contribution >= 0.6 is 0 Å². The van der Waals surface area contributed by atoms with Gasteiger partial charge in [-0.15, -0.1) is 0 Å². The lowest BCUT2D eigenvalue weighted by atomic mass is 10.1. The van der Waals surface area contributed by atoms with Crippen molar-refractivity contribution in [3.8, 4) is 0 Å². The summed E-state index contributed by atoms with van der Waals surface area (Å²) in [5, 5.41) is 2.48. The Balaban J connectivity index is 3.10. The molecular formula is C9H10N2O2. The smallest absolute Gasteiger partial charge is 0.248 e. The van der Waals surface area contributed by atoms with Gasteiger partial charge in [0.1, 0.15) is 0 Å². The van der Waals surface area contributed by atoms with Crippen LogP contribution in [-0.4, -0.2) is 12.3 Å². The number of hydrogen-bond donors (Lipinski definition) is 2. The Hall–Kier alpha value is -1.84. The molecule has 4 nitrogen and oxygen atoms in total. The number of aryl methyl sites for hydroxylation is 1. The maximum atomic E-state index is 10.8. The zero-order chi connectivity index (χ0) is 9.84. The first-order chi connectivity index (χ1) is 6.15. The fourth-order valence-electron chi connectivity index (χ4n) is 0.994. The van der Waals surface area contributed by atoms with E-state index in [2.05, 4.69) is 5.32 Å². The van der Waals surface area contributed by atoms with E-state index in [9.17, 15) is 9.59 Å². The van der Waals surface area contributed by atoms with Crippen molar-refractivity contribution in [1.82, 2.24) is 0 Å². The normalized spacial score (nSPS) is 9.31. The second kappa shape index (κ2) is 3.71. The molecule has 0 aromatic heterocycles. The largest absolute Gasteiger partial charge is 0.366 e. The van der Waals surface area contributed by atoms with Gasteiger partial charge in [0.05, 0.1) is 0 Å². The minimum Gasteiger partial charge on any atom is -0.366 e. The van der Waals surface area contributed by atoms with Gasteiger partial charge in [0, 0.05) is 11.3 Å². The maximum absolute atomic E-state index is 10.8. The van der Waals surface area contributed by atoms with Crippen LogP contribution in [0.2, 0.25) is 0 Å². The van der Waals surface area contributed by atoms with E-state index in [-0.39, 0.29) is 0 Å². The summed E-state index contributed by atoms with van der Waals surface area (Å²) in [6, 6.07) is 4.89. The van der Waals surface area contributed by atoms with Gasteiger partial charge in [0.25, 0.3) is 0 Å². The molecule has 0 aliphatic heterocycles. The third kappa shape index (κ3) is 2.05. The monoisotopic (exact) mass is 178 g/mol. The molecule has 0 aliphatic carbocycles. The van der Waals surface area contributed by atoms with Crippen LogP contribution in [-0.2, 0) is 4.79 Å². The van der Waals surface area contributed by atoms with Crippen LogP contribution in [0.5, 0.6) is 0 Å². The summed E-state index contributed by atoms with van der Waals surface area (Å²) in [6.07, 6.45) is 0.563. The summed E-state index contributed by atoms with van der Waals surface area (Å²) in [5.74, 6) is -0.506. The highest BCUT2D eigenvalue weighted by atomic mass is 16.1. The van der Waals surface area contributed by atoms with Gasteiger partial charge >= 0.3 is 0 Å². The minimum absolute atomic E-state index is 0.384. The summed E-state index contributed by atoms with van der Waals surface area (Å²) in [6.45, 7) is 1.83. The quantitative estimate of drug-likeness (QED) is 0.667. The average Bonchev–Trinajstić information content (AvgIpc) is 2.08. The number of carbonyl (C=O) groups excluding carboxylic acids is 2. The molecule has 1 aromatic rings. The Morgan fingerprint density at radius 2 is 2.23 bits per heavy atom. The standard InChI is InChI=1S/C9H10N2O2/c1-6-2-3-7(9(10)13)4-8(6)11-5-12/h2-5H,1H3,(H2,10,13)(H,11,12). The van der Waals surface area contributed by atoms with Gasteiger partial charge in [-0.2, -0.15) is 0 Å². The van der Waals surface area contributed by atoms with E-state index in [1.165, 1.54) is 0 Å². The number of rotatable bonds is 3. The molecule has 0 saturated carbocycles. The molecule has 0 saturated heterocycles. The van der Waals surface area contributed by atoms with Crippen molar-refractivity contribution < 1.29 is 9.59 Å². The molecule has 3 N–H and O–H groups in total. The third-order valence-electron chi connectivity index (χ3n) is 1.74. The molecule has 0 atom stereocenters.